The fourth-order valence-corrected chi connectivity index (χ4v) is 2.55. The van der Waals surface area contributed by atoms with Crippen molar-refractivity contribution in [3.8, 4) is 11.3 Å². The molecule has 1 heterocycles. The number of amides is 2. The summed E-state index contributed by atoms with van der Waals surface area (Å²) in [5.41, 5.74) is 3.07. The molecule has 7 heteroatoms. The molecule has 0 unspecified atom stereocenters. The van der Waals surface area contributed by atoms with Gasteiger partial charge in [-0.25, -0.2) is 0 Å². The van der Waals surface area contributed by atoms with Gasteiger partial charge in [0, 0.05) is 21.8 Å². The van der Waals surface area contributed by atoms with Gasteiger partial charge in [-0.1, -0.05) is 51.4 Å². The smallest absolute Gasteiger partial charge is 0.290 e. The van der Waals surface area contributed by atoms with Crippen LogP contribution >= 0.6 is 15.9 Å². The molecule has 0 atom stereocenters. The molecular formula is C19H16BrN3O3. The third-order valence-corrected chi connectivity index (χ3v) is 4.54. The number of hydrogen-bond acceptors (Lipinski definition) is 4. The first-order chi connectivity index (χ1) is 12.5. The van der Waals surface area contributed by atoms with Crippen molar-refractivity contribution in [2.24, 2.45) is 0 Å². The van der Waals surface area contributed by atoms with Gasteiger partial charge in [0.1, 0.15) is 5.69 Å². The third kappa shape index (κ3) is 4.37. The lowest BCUT2D eigenvalue weighted by Crippen LogP contribution is -2.32. The zero-order valence-corrected chi connectivity index (χ0v) is 15.5. The van der Waals surface area contributed by atoms with E-state index in [1.807, 2.05) is 49.4 Å². The van der Waals surface area contributed by atoms with Crippen LogP contribution in [0.25, 0.3) is 11.3 Å². The first kappa shape index (κ1) is 17.9. The van der Waals surface area contributed by atoms with E-state index in [1.165, 1.54) is 0 Å². The largest absolute Gasteiger partial charge is 0.350 e. The minimum Gasteiger partial charge on any atom is -0.350 e. The minimum absolute atomic E-state index is 0.0520. The summed E-state index contributed by atoms with van der Waals surface area (Å²) in [6.45, 7) is 1.76. The van der Waals surface area contributed by atoms with Crippen LogP contribution in [-0.2, 0) is 4.79 Å². The summed E-state index contributed by atoms with van der Waals surface area (Å²) >= 11 is 3.40. The Labute approximate surface area is 158 Å². The Bertz CT molecular complexity index is 938. The van der Waals surface area contributed by atoms with Crippen molar-refractivity contribution in [3.05, 3.63) is 70.4 Å². The lowest BCUT2D eigenvalue weighted by atomic mass is 10.1. The molecule has 26 heavy (non-hydrogen) atoms. The first-order valence-electron chi connectivity index (χ1n) is 7.89. The molecule has 0 fully saturated rings. The fourth-order valence-electron chi connectivity index (χ4n) is 2.30. The highest BCUT2D eigenvalue weighted by Gasteiger charge is 2.15. The number of rotatable bonds is 5. The van der Waals surface area contributed by atoms with Crippen LogP contribution in [0.1, 0.15) is 16.1 Å². The predicted molar refractivity (Wildman–Crippen MR) is 102 cm³/mol. The van der Waals surface area contributed by atoms with Gasteiger partial charge in [0.15, 0.2) is 0 Å². The second-order valence-electron chi connectivity index (χ2n) is 5.64. The van der Waals surface area contributed by atoms with E-state index in [1.54, 1.807) is 12.1 Å². The third-order valence-electron chi connectivity index (χ3n) is 3.65. The number of benzene rings is 2. The van der Waals surface area contributed by atoms with Gasteiger partial charge in [0.2, 0.25) is 11.7 Å². The molecule has 0 aliphatic rings. The molecule has 1 aromatic heterocycles. The fraction of sp³-hybridized carbons (Fsp3) is 0.105. The highest BCUT2D eigenvalue weighted by Crippen LogP contribution is 2.20. The Balaban J connectivity index is 1.56. The van der Waals surface area contributed by atoms with E-state index in [2.05, 4.69) is 31.7 Å². The zero-order valence-electron chi connectivity index (χ0n) is 14.0. The van der Waals surface area contributed by atoms with Crippen molar-refractivity contribution >= 4 is 33.4 Å². The van der Waals surface area contributed by atoms with E-state index in [0.29, 0.717) is 11.4 Å². The van der Waals surface area contributed by atoms with Gasteiger partial charge in [-0.15, -0.1) is 0 Å². The van der Waals surface area contributed by atoms with Crippen molar-refractivity contribution < 1.29 is 14.1 Å². The van der Waals surface area contributed by atoms with Gasteiger partial charge in [0.25, 0.3) is 5.91 Å². The van der Waals surface area contributed by atoms with Crippen molar-refractivity contribution in [2.45, 2.75) is 6.92 Å². The molecule has 0 spiro atoms. The van der Waals surface area contributed by atoms with Crippen LogP contribution in [0.5, 0.6) is 0 Å². The molecule has 0 saturated carbocycles. The van der Waals surface area contributed by atoms with Gasteiger partial charge in [-0.05, 0) is 30.7 Å². The number of halogens is 1. The van der Waals surface area contributed by atoms with E-state index in [9.17, 15) is 9.59 Å². The van der Waals surface area contributed by atoms with Gasteiger partial charge in [-0.2, -0.15) is 0 Å². The molecule has 6 nitrogen and oxygen atoms in total. The average molecular weight is 414 g/mol. The Hall–Kier alpha value is -2.93. The van der Waals surface area contributed by atoms with Crippen LogP contribution in [0.2, 0.25) is 0 Å². The summed E-state index contributed by atoms with van der Waals surface area (Å²) in [6.07, 6.45) is 0. The normalized spacial score (nSPS) is 10.4. The average Bonchev–Trinajstić information content (AvgIpc) is 3.14. The number of carbonyl (C=O) groups excluding carboxylic acids is 2. The lowest BCUT2D eigenvalue weighted by Gasteiger charge is -2.07. The second kappa shape index (κ2) is 7.97. The monoisotopic (exact) mass is 413 g/mol. The summed E-state index contributed by atoms with van der Waals surface area (Å²) in [4.78, 5) is 24.1. The summed E-state index contributed by atoms with van der Waals surface area (Å²) in [6, 6.07) is 16.4. The number of hydrogen-bond donors (Lipinski definition) is 2. The van der Waals surface area contributed by atoms with E-state index in [0.717, 1.165) is 15.6 Å². The lowest BCUT2D eigenvalue weighted by molar-refractivity contribution is -0.115. The van der Waals surface area contributed by atoms with Gasteiger partial charge < -0.3 is 15.2 Å². The van der Waals surface area contributed by atoms with Crippen LogP contribution in [0.3, 0.4) is 0 Å². The van der Waals surface area contributed by atoms with Gasteiger partial charge in [-0.3, -0.25) is 9.59 Å². The molecule has 2 amide bonds. The minimum atomic E-state index is -0.498. The molecule has 0 saturated heterocycles. The Morgan fingerprint density at radius 3 is 2.62 bits per heavy atom. The number of carbonyl (C=O) groups is 2. The molecule has 2 N–H and O–H groups in total. The topological polar surface area (TPSA) is 84.2 Å². The zero-order chi connectivity index (χ0) is 18.5. The number of anilines is 1. The molecule has 0 radical (unpaired) electrons. The molecule has 0 bridgehead atoms. The summed E-state index contributed by atoms with van der Waals surface area (Å²) < 4.78 is 6.02. The van der Waals surface area contributed by atoms with Crippen molar-refractivity contribution in [1.82, 2.24) is 10.5 Å². The molecule has 0 aliphatic carbocycles. The quantitative estimate of drug-likeness (QED) is 0.666. The standard InChI is InChI=1S/C19H16BrN3O3/c1-12-9-14(7-8-15(12)20)22-18(24)11-21-19(25)17-10-16(23-26-17)13-5-3-2-4-6-13/h2-10H,11H2,1H3,(H,21,25)(H,22,24). The van der Waals surface area contributed by atoms with Crippen molar-refractivity contribution in [2.75, 3.05) is 11.9 Å². The molecule has 3 rings (SSSR count). The van der Waals surface area contributed by atoms with Crippen LogP contribution in [-0.4, -0.2) is 23.5 Å². The highest BCUT2D eigenvalue weighted by molar-refractivity contribution is 9.10. The van der Waals surface area contributed by atoms with Gasteiger partial charge >= 0.3 is 0 Å². The number of nitrogens with zero attached hydrogens (tertiary/aromatic N) is 1. The summed E-state index contributed by atoms with van der Waals surface area (Å²) in [5, 5.41) is 9.12. The highest BCUT2D eigenvalue weighted by atomic mass is 79.9. The van der Waals surface area contributed by atoms with Gasteiger partial charge in [0.05, 0.1) is 6.54 Å². The Morgan fingerprint density at radius 1 is 1.12 bits per heavy atom. The molecule has 132 valence electrons. The number of aryl methyl sites for hydroxylation is 1. The maximum Gasteiger partial charge on any atom is 0.290 e. The van der Waals surface area contributed by atoms with E-state index in [4.69, 9.17) is 4.52 Å². The Kier molecular flexibility index (Phi) is 5.48. The Morgan fingerprint density at radius 2 is 1.88 bits per heavy atom. The van der Waals surface area contributed by atoms with Crippen LogP contribution < -0.4 is 10.6 Å². The summed E-state index contributed by atoms with van der Waals surface area (Å²) in [5.74, 6) is -0.777. The van der Waals surface area contributed by atoms with E-state index >= 15 is 0 Å². The van der Waals surface area contributed by atoms with E-state index < -0.39 is 5.91 Å². The van der Waals surface area contributed by atoms with Crippen molar-refractivity contribution in [3.63, 3.8) is 0 Å². The van der Waals surface area contributed by atoms with E-state index in [-0.39, 0.29) is 18.2 Å². The van der Waals surface area contributed by atoms with Crippen molar-refractivity contribution in [1.29, 1.82) is 0 Å². The predicted octanol–water partition coefficient (Wildman–Crippen LogP) is 3.78. The number of nitrogens with one attached hydrogen (secondary N) is 2. The molecule has 3 aromatic rings. The van der Waals surface area contributed by atoms with Crippen LogP contribution in [0.4, 0.5) is 5.69 Å². The number of aromatic nitrogens is 1. The maximum atomic E-state index is 12.1. The molecular weight excluding hydrogens is 398 g/mol. The molecule has 0 aliphatic heterocycles. The van der Waals surface area contributed by atoms with Crippen LogP contribution in [0, 0.1) is 6.92 Å². The second-order valence-corrected chi connectivity index (χ2v) is 6.49. The summed E-state index contributed by atoms with van der Waals surface area (Å²) in [7, 11) is 0. The SMILES string of the molecule is Cc1cc(NC(=O)CNC(=O)c2cc(-c3ccccc3)no2)ccc1Br. The molecule has 2 aromatic carbocycles. The maximum absolute atomic E-state index is 12.1. The first-order valence-corrected chi connectivity index (χ1v) is 8.68. The van der Waals surface area contributed by atoms with Crippen LogP contribution in [0.15, 0.2) is 63.6 Å².